The molecule has 2 rings (SSSR count). The van der Waals surface area contributed by atoms with E-state index in [4.69, 9.17) is 0 Å². The van der Waals surface area contributed by atoms with Gasteiger partial charge in [0.1, 0.15) is 0 Å². The van der Waals surface area contributed by atoms with E-state index in [0.29, 0.717) is 22.3 Å². The lowest BCUT2D eigenvalue weighted by molar-refractivity contribution is 0.178. The molecule has 3 nitrogen and oxygen atoms in total. The standard InChI is InChI=1S/C16H25NO2S/c1-12-8-14(11-16(2,3)10-12)17-13-6-5-7-15(9-13)20(4,18)19/h5-7,9,12,14,17H,8,10-11H2,1-4H3. The van der Waals surface area contributed by atoms with Crippen LogP contribution in [0.15, 0.2) is 29.2 Å². The fraction of sp³-hybridized carbons (Fsp3) is 0.625. The minimum atomic E-state index is -3.14. The van der Waals surface area contributed by atoms with Gasteiger partial charge in [0.2, 0.25) is 0 Å². The van der Waals surface area contributed by atoms with E-state index < -0.39 is 9.84 Å². The van der Waals surface area contributed by atoms with Crippen molar-refractivity contribution in [3.8, 4) is 0 Å². The van der Waals surface area contributed by atoms with Crippen molar-refractivity contribution in [2.75, 3.05) is 11.6 Å². The lowest BCUT2D eigenvalue weighted by Crippen LogP contribution is -2.35. The molecule has 1 aliphatic rings. The largest absolute Gasteiger partial charge is 0.382 e. The smallest absolute Gasteiger partial charge is 0.175 e. The number of benzene rings is 1. The molecule has 2 atom stereocenters. The second-order valence-corrected chi connectivity index (χ2v) is 9.07. The van der Waals surface area contributed by atoms with Gasteiger partial charge < -0.3 is 5.32 Å². The fourth-order valence-corrected chi connectivity index (χ4v) is 4.18. The Hall–Kier alpha value is -1.03. The number of nitrogens with one attached hydrogen (secondary N) is 1. The molecule has 1 fully saturated rings. The van der Waals surface area contributed by atoms with Gasteiger partial charge in [-0.3, -0.25) is 0 Å². The van der Waals surface area contributed by atoms with E-state index in [2.05, 4.69) is 26.1 Å². The van der Waals surface area contributed by atoms with E-state index in [-0.39, 0.29) is 0 Å². The van der Waals surface area contributed by atoms with Crippen LogP contribution in [0.2, 0.25) is 0 Å². The van der Waals surface area contributed by atoms with Crippen LogP contribution in [0.3, 0.4) is 0 Å². The van der Waals surface area contributed by atoms with E-state index in [0.717, 1.165) is 18.5 Å². The number of sulfone groups is 1. The first kappa shape index (κ1) is 15.4. The highest BCUT2D eigenvalue weighted by molar-refractivity contribution is 7.90. The maximum atomic E-state index is 11.6. The zero-order valence-electron chi connectivity index (χ0n) is 12.8. The molecule has 1 N–H and O–H groups in total. The molecule has 1 aliphatic carbocycles. The van der Waals surface area contributed by atoms with Crippen LogP contribution < -0.4 is 5.32 Å². The maximum Gasteiger partial charge on any atom is 0.175 e. The van der Waals surface area contributed by atoms with Crippen LogP contribution in [-0.2, 0) is 9.84 Å². The molecule has 4 heteroatoms. The van der Waals surface area contributed by atoms with E-state index in [1.807, 2.05) is 6.07 Å². The van der Waals surface area contributed by atoms with E-state index >= 15 is 0 Å². The first-order valence-corrected chi connectivity index (χ1v) is 9.11. The predicted molar refractivity (Wildman–Crippen MR) is 83.8 cm³/mol. The topological polar surface area (TPSA) is 46.2 Å². The molecular formula is C16H25NO2S. The van der Waals surface area contributed by atoms with Crippen molar-refractivity contribution in [3.05, 3.63) is 24.3 Å². The molecule has 0 saturated heterocycles. The van der Waals surface area contributed by atoms with Crippen LogP contribution in [-0.4, -0.2) is 20.7 Å². The predicted octanol–water partition coefficient (Wildman–Crippen LogP) is 3.72. The molecule has 112 valence electrons. The molecule has 0 radical (unpaired) electrons. The Morgan fingerprint density at radius 2 is 1.95 bits per heavy atom. The molecular weight excluding hydrogens is 270 g/mol. The summed E-state index contributed by atoms with van der Waals surface area (Å²) in [5.41, 5.74) is 1.26. The molecule has 20 heavy (non-hydrogen) atoms. The molecule has 0 amide bonds. The molecule has 1 aromatic rings. The van der Waals surface area contributed by atoms with E-state index in [1.54, 1.807) is 18.2 Å². The highest BCUT2D eigenvalue weighted by atomic mass is 32.2. The summed E-state index contributed by atoms with van der Waals surface area (Å²) < 4.78 is 23.2. The van der Waals surface area contributed by atoms with Gasteiger partial charge >= 0.3 is 0 Å². The third kappa shape index (κ3) is 3.98. The minimum Gasteiger partial charge on any atom is -0.382 e. The second-order valence-electron chi connectivity index (χ2n) is 7.05. The van der Waals surface area contributed by atoms with Crippen molar-refractivity contribution in [3.63, 3.8) is 0 Å². The Balaban J connectivity index is 2.14. The Morgan fingerprint density at radius 3 is 2.55 bits per heavy atom. The van der Waals surface area contributed by atoms with Gasteiger partial charge in [0, 0.05) is 18.0 Å². The van der Waals surface area contributed by atoms with Crippen LogP contribution in [0, 0.1) is 11.3 Å². The SMILES string of the molecule is CC1CC(Nc2cccc(S(C)(=O)=O)c2)CC(C)(C)C1. The summed E-state index contributed by atoms with van der Waals surface area (Å²) in [6, 6.07) is 7.55. The third-order valence-corrected chi connectivity index (χ3v) is 5.13. The highest BCUT2D eigenvalue weighted by Crippen LogP contribution is 2.39. The van der Waals surface area contributed by atoms with Crippen LogP contribution in [0.5, 0.6) is 0 Å². The summed E-state index contributed by atoms with van der Waals surface area (Å²) in [6.45, 7) is 6.91. The lowest BCUT2D eigenvalue weighted by atomic mass is 9.70. The summed E-state index contributed by atoms with van der Waals surface area (Å²) in [6.07, 6.45) is 4.78. The summed E-state index contributed by atoms with van der Waals surface area (Å²) in [5, 5.41) is 3.51. The van der Waals surface area contributed by atoms with Crippen molar-refractivity contribution >= 4 is 15.5 Å². The lowest BCUT2D eigenvalue weighted by Gasteiger charge is -2.39. The average molecular weight is 295 g/mol. The number of hydrogen-bond donors (Lipinski definition) is 1. The summed E-state index contributed by atoms with van der Waals surface area (Å²) >= 11 is 0. The van der Waals surface area contributed by atoms with Gasteiger partial charge in [-0.25, -0.2) is 8.42 Å². The Labute approximate surface area is 122 Å². The monoisotopic (exact) mass is 295 g/mol. The van der Waals surface area contributed by atoms with Crippen LogP contribution in [0.25, 0.3) is 0 Å². The second kappa shape index (κ2) is 5.40. The van der Waals surface area contributed by atoms with Crippen molar-refractivity contribution < 1.29 is 8.42 Å². The maximum absolute atomic E-state index is 11.6. The van der Waals surface area contributed by atoms with Crippen molar-refractivity contribution in [1.29, 1.82) is 0 Å². The van der Waals surface area contributed by atoms with Crippen molar-refractivity contribution in [2.24, 2.45) is 11.3 Å². The number of rotatable bonds is 3. The van der Waals surface area contributed by atoms with Gasteiger partial charge in [0.15, 0.2) is 9.84 Å². The van der Waals surface area contributed by atoms with Crippen LogP contribution in [0.1, 0.15) is 40.0 Å². The first-order chi connectivity index (χ1) is 9.16. The Morgan fingerprint density at radius 1 is 1.25 bits per heavy atom. The van der Waals surface area contributed by atoms with Crippen molar-refractivity contribution in [1.82, 2.24) is 0 Å². The van der Waals surface area contributed by atoms with Gasteiger partial charge in [0.25, 0.3) is 0 Å². The molecule has 0 aromatic heterocycles. The van der Waals surface area contributed by atoms with Crippen LogP contribution >= 0.6 is 0 Å². The molecule has 1 aromatic carbocycles. The minimum absolute atomic E-state index is 0.351. The Kier molecular flexibility index (Phi) is 4.14. The summed E-state index contributed by atoms with van der Waals surface area (Å²) in [5.74, 6) is 0.703. The Bertz CT molecular complexity index is 578. The number of anilines is 1. The van der Waals surface area contributed by atoms with Gasteiger partial charge in [0.05, 0.1) is 4.90 Å². The highest BCUT2D eigenvalue weighted by Gasteiger charge is 2.31. The zero-order chi connectivity index (χ0) is 15.0. The molecule has 0 heterocycles. The molecule has 0 spiro atoms. The quantitative estimate of drug-likeness (QED) is 0.924. The summed E-state index contributed by atoms with van der Waals surface area (Å²) in [4.78, 5) is 0.380. The average Bonchev–Trinajstić information content (AvgIpc) is 2.25. The van der Waals surface area contributed by atoms with Crippen LogP contribution in [0.4, 0.5) is 5.69 Å². The summed E-state index contributed by atoms with van der Waals surface area (Å²) in [7, 11) is -3.14. The van der Waals surface area contributed by atoms with Crippen molar-refractivity contribution in [2.45, 2.75) is 51.0 Å². The molecule has 1 saturated carbocycles. The van der Waals surface area contributed by atoms with Gasteiger partial charge in [-0.2, -0.15) is 0 Å². The molecule has 0 aliphatic heterocycles. The number of hydrogen-bond acceptors (Lipinski definition) is 3. The third-order valence-electron chi connectivity index (χ3n) is 4.02. The zero-order valence-corrected chi connectivity index (χ0v) is 13.6. The first-order valence-electron chi connectivity index (χ1n) is 7.22. The normalized spacial score (nSPS) is 26.2. The van der Waals surface area contributed by atoms with Gasteiger partial charge in [-0.05, 0) is 48.8 Å². The van der Waals surface area contributed by atoms with E-state index in [9.17, 15) is 8.42 Å². The fourth-order valence-electron chi connectivity index (χ4n) is 3.51. The molecule has 0 bridgehead atoms. The van der Waals surface area contributed by atoms with Gasteiger partial charge in [-0.15, -0.1) is 0 Å². The van der Waals surface area contributed by atoms with E-state index in [1.165, 1.54) is 12.7 Å². The molecule has 2 unspecified atom stereocenters. The van der Waals surface area contributed by atoms with Gasteiger partial charge in [-0.1, -0.05) is 26.8 Å².